The van der Waals surface area contributed by atoms with Crippen molar-refractivity contribution in [2.75, 3.05) is 12.9 Å². The number of hydrogen-bond donors (Lipinski definition) is 1. The standard InChI is InChI=1S/C27H21ClN2O6S/c1-36-27(33)21-6-4-19(30(34)35)11-22(21)15-2-5-20-16(9-26(31)32)12-29(24(20)8-15)13-17-14-37-25-7-3-18(28)10-23(17)25/h2-8,10-12,17H,9,13-14H2,1H3,(H,31,32). The van der Waals surface area contributed by atoms with E-state index in [4.69, 9.17) is 16.3 Å². The molecule has 1 atom stereocenters. The van der Waals surface area contributed by atoms with Gasteiger partial charge in [0.2, 0.25) is 0 Å². The van der Waals surface area contributed by atoms with Crippen molar-refractivity contribution in [2.45, 2.75) is 23.8 Å². The Morgan fingerprint density at radius 3 is 2.73 bits per heavy atom. The lowest BCUT2D eigenvalue weighted by Gasteiger charge is -2.14. The molecule has 0 bridgehead atoms. The number of ether oxygens (including phenoxy) is 1. The molecule has 37 heavy (non-hydrogen) atoms. The van der Waals surface area contributed by atoms with Crippen LogP contribution in [0.1, 0.15) is 27.4 Å². The van der Waals surface area contributed by atoms with Crippen LogP contribution in [0, 0.1) is 10.1 Å². The zero-order valence-electron chi connectivity index (χ0n) is 19.6. The van der Waals surface area contributed by atoms with Crippen molar-refractivity contribution in [1.82, 2.24) is 4.57 Å². The Labute approximate surface area is 221 Å². The van der Waals surface area contributed by atoms with E-state index < -0.39 is 16.9 Å². The zero-order chi connectivity index (χ0) is 26.3. The first-order valence-electron chi connectivity index (χ1n) is 11.4. The van der Waals surface area contributed by atoms with Gasteiger partial charge in [0.1, 0.15) is 0 Å². The Hall–Kier alpha value is -3.82. The van der Waals surface area contributed by atoms with E-state index in [1.54, 1.807) is 23.9 Å². The monoisotopic (exact) mass is 536 g/mol. The number of hydrogen-bond acceptors (Lipinski definition) is 6. The van der Waals surface area contributed by atoms with Crippen molar-refractivity contribution in [3.63, 3.8) is 0 Å². The molecule has 0 aliphatic carbocycles. The van der Waals surface area contributed by atoms with Gasteiger partial charge in [0.25, 0.3) is 5.69 Å². The molecule has 0 spiro atoms. The normalized spacial score (nSPS) is 14.5. The van der Waals surface area contributed by atoms with Crippen LogP contribution in [0.2, 0.25) is 5.02 Å². The number of carboxylic acids is 1. The summed E-state index contributed by atoms with van der Waals surface area (Å²) >= 11 is 8.01. The number of nitrogens with zero attached hydrogens (tertiary/aromatic N) is 2. The molecule has 0 fully saturated rings. The van der Waals surface area contributed by atoms with E-state index in [0.29, 0.717) is 28.3 Å². The van der Waals surface area contributed by atoms with E-state index in [2.05, 4.69) is 0 Å². The van der Waals surface area contributed by atoms with E-state index in [1.807, 2.05) is 35.0 Å². The number of esters is 1. The number of methoxy groups -OCH3 is 1. The second-order valence-electron chi connectivity index (χ2n) is 8.78. The Bertz CT molecular complexity index is 1580. The number of aromatic nitrogens is 1. The molecule has 188 valence electrons. The number of thioether (sulfide) groups is 1. The number of rotatable bonds is 7. The Kier molecular flexibility index (Phi) is 6.66. The maximum absolute atomic E-state index is 12.4. The van der Waals surface area contributed by atoms with Crippen LogP contribution < -0.4 is 0 Å². The summed E-state index contributed by atoms with van der Waals surface area (Å²) in [7, 11) is 1.25. The van der Waals surface area contributed by atoms with Gasteiger partial charge in [-0.3, -0.25) is 14.9 Å². The predicted octanol–water partition coefficient (Wildman–Crippen LogP) is 6.17. The SMILES string of the molecule is COC(=O)c1ccc([N+](=O)[O-])cc1-c1ccc2c(CC(=O)O)cn(CC3CSc4ccc(Cl)cc43)c2c1. The Morgan fingerprint density at radius 2 is 2.00 bits per heavy atom. The van der Waals surface area contributed by atoms with Gasteiger partial charge in [0.15, 0.2) is 0 Å². The number of benzene rings is 3. The molecule has 1 aliphatic heterocycles. The molecule has 2 heterocycles. The van der Waals surface area contributed by atoms with Crippen molar-refractivity contribution < 1.29 is 24.4 Å². The number of nitro benzene ring substituents is 1. The van der Waals surface area contributed by atoms with Gasteiger partial charge in [-0.25, -0.2) is 4.79 Å². The molecule has 1 aliphatic rings. The lowest BCUT2D eigenvalue weighted by Crippen LogP contribution is -2.08. The molecule has 0 saturated heterocycles. The number of fused-ring (bicyclic) bond motifs is 2. The van der Waals surface area contributed by atoms with Crippen molar-refractivity contribution in [1.29, 1.82) is 0 Å². The third-order valence-corrected chi connectivity index (χ3v) is 7.99. The average Bonchev–Trinajstić information content (AvgIpc) is 3.43. The summed E-state index contributed by atoms with van der Waals surface area (Å²) in [5, 5.41) is 22.4. The highest BCUT2D eigenvalue weighted by atomic mass is 35.5. The van der Waals surface area contributed by atoms with Crippen molar-refractivity contribution in [2.24, 2.45) is 0 Å². The van der Waals surface area contributed by atoms with E-state index in [9.17, 15) is 24.8 Å². The minimum absolute atomic E-state index is 0.144. The van der Waals surface area contributed by atoms with Gasteiger partial charge in [-0.1, -0.05) is 23.7 Å². The highest BCUT2D eigenvalue weighted by Gasteiger charge is 2.25. The van der Waals surface area contributed by atoms with Crippen LogP contribution in [0.25, 0.3) is 22.0 Å². The van der Waals surface area contributed by atoms with Crippen LogP contribution in [0.5, 0.6) is 0 Å². The van der Waals surface area contributed by atoms with Gasteiger partial charge >= 0.3 is 11.9 Å². The first-order valence-corrected chi connectivity index (χ1v) is 12.7. The number of halogens is 1. The van der Waals surface area contributed by atoms with Gasteiger partial charge in [-0.05, 0) is 47.0 Å². The topological polar surface area (TPSA) is 112 Å². The average molecular weight is 537 g/mol. The van der Waals surface area contributed by atoms with Crippen molar-refractivity contribution >= 4 is 51.9 Å². The number of aliphatic carboxylic acids is 1. The summed E-state index contributed by atoms with van der Waals surface area (Å²) in [5.41, 5.74) is 3.59. The molecule has 5 rings (SSSR count). The van der Waals surface area contributed by atoms with Crippen LogP contribution in [0.3, 0.4) is 0 Å². The molecule has 8 nitrogen and oxygen atoms in total. The van der Waals surface area contributed by atoms with Gasteiger partial charge in [0, 0.05) is 62.9 Å². The molecule has 1 aromatic heterocycles. The van der Waals surface area contributed by atoms with Crippen molar-refractivity contribution in [3.8, 4) is 11.1 Å². The van der Waals surface area contributed by atoms with Gasteiger partial charge < -0.3 is 14.4 Å². The Balaban J connectivity index is 1.64. The smallest absolute Gasteiger partial charge is 0.338 e. The minimum atomic E-state index is -0.941. The van der Waals surface area contributed by atoms with E-state index >= 15 is 0 Å². The number of carbonyl (C=O) groups is 2. The lowest BCUT2D eigenvalue weighted by atomic mass is 9.97. The molecule has 0 amide bonds. The molecule has 4 aromatic rings. The maximum Gasteiger partial charge on any atom is 0.338 e. The summed E-state index contributed by atoms with van der Waals surface area (Å²) in [6, 6.07) is 15.2. The van der Waals surface area contributed by atoms with E-state index in [1.165, 1.54) is 30.2 Å². The van der Waals surface area contributed by atoms with E-state index in [0.717, 1.165) is 22.2 Å². The highest BCUT2D eigenvalue weighted by molar-refractivity contribution is 7.99. The highest BCUT2D eigenvalue weighted by Crippen LogP contribution is 2.42. The van der Waals surface area contributed by atoms with Gasteiger partial charge in [0.05, 0.1) is 24.0 Å². The fraction of sp³-hybridized carbons (Fsp3) is 0.185. The molecule has 3 aromatic carbocycles. The molecule has 1 N–H and O–H groups in total. The van der Waals surface area contributed by atoms with Crippen molar-refractivity contribution in [3.05, 3.63) is 92.6 Å². The fourth-order valence-electron chi connectivity index (χ4n) is 4.80. The molecular weight excluding hydrogens is 516 g/mol. The molecule has 0 saturated carbocycles. The number of non-ortho nitro benzene ring substituents is 1. The first kappa shape index (κ1) is 24.9. The van der Waals surface area contributed by atoms with Gasteiger partial charge in [-0.2, -0.15) is 0 Å². The predicted molar refractivity (Wildman–Crippen MR) is 142 cm³/mol. The summed E-state index contributed by atoms with van der Waals surface area (Å²) in [5.74, 6) is -0.522. The van der Waals surface area contributed by atoms with Crippen LogP contribution in [0.4, 0.5) is 5.69 Å². The molecule has 1 unspecified atom stereocenters. The summed E-state index contributed by atoms with van der Waals surface area (Å²) in [4.78, 5) is 36.1. The second kappa shape index (κ2) is 9.91. The summed E-state index contributed by atoms with van der Waals surface area (Å²) in [6.45, 7) is 0.596. The van der Waals surface area contributed by atoms with Crippen LogP contribution >= 0.6 is 23.4 Å². The maximum atomic E-state index is 12.4. The van der Waals surface area contributed by atoms with E-state index in [-0.39, 0.29) is 23.6 Å². The quantitative estimate of drug-likeness (QED) is 0.171. The van der Waals surface area contributed by atoms with Crippen LogP contribution in [-0.4, -0.2) is 39.4 Å². The largest absolute Gasteiger partial charge is 0.481 e. The van der Waals surface area contributed by atoms with Crippen LogP contribution in [-0.2, 0) is 22.5 Å². The van der Waals surface area contributed by atoms with Gasteiger partial charge in [-0.15, -0.1) is 11.8 Å². The number of nitro groups is 1. The number of carboxylic acid groups (broad SMARTS) is 1. The lowest BCUT2D eigenvalue weighted by molar-refractivity contribution is -0.384. The molecule has 0 radical (unpaired) electrons. The number of carbonyl (C=O) groups excluding carboxylic acids is 1. The third kappa shape index (κ3) is 4.80. The fourth-order valence-corrected chi connectivity index (χ4v) is 6.20. The zero-order valence-corrected chi connectivity index (χ0v) is 21.2. The summed E-state index contributed by atoms with van der Waals surface area (Å²) < 4.78 is 6.92. The third-order valence-electron chi connectivity index (χ3n) is 6.51. The molecular formula is C27H21ClN2O6S. The summed E-state index contributed by atoms with van der Waals surface area (Å²) in [6.07, 6.45) is 1.71. The minimum Gasteiger partial charge on any atom is -0.481 e. The Morgan fingerprint density at radius 1 is 1.19 bits per heavy atom. The molecule has 10 heteroatoms. The first-order chi connectivity index (χ1) is 17.7. The van der Waals surface area contributed by atoms with Crippen LogP contribution in [0.15, 0.2) is 65.7 Å². The second-order valence-corrected chi connectivity index (χ2v) is 10.3.